The summed E-state index contributed by atoms with van der Waals surface area (Å²) in [6.07, 6.45) is 6.12. The van der Waals surface area contributed by atoms with Crippen LogP contribution in [0.2, 0.25) is 0 Å². The smallest absolute Gasteiger partial charge is 0.266 e. The minimum atomic E-state index is -3.15. The van der Waals surface area contributed by atoms with Crippen LogP contribution in [0.3, 0.4) is 0 Å². The first-order chi connectivity index (χ1) is 17.8. The van der Waals surface area contributed by atoms with Crippen molar-refractivity contribution in [2.75, 3.05) is 18.1 Å². The van der Waals surface area contributed by atoms with E-state index in [1.54, 1.807) is 10.8 Å². The van der Waals surface area contributed by atoms with Crippen LogP contribution in [0.1, 0.15) is 31.7 Å². The summed E-state index contributed by atoms with van der Waals surface area (Å²) < 4.78 is 32.1. The van der Waals surface area contributed by atoms with Crippen LogP contribution in [0.25, 0.3) is 23.0 Å². The topological polar surface area (TPSA) is 81.5 Å². The number of rotatable bonds is 8. The van der Waals surface area contributed by atoms with Crippen molar-refractivity contribution in [3.8, 4) is 22.7 Å². The highest BCUT2D eigenvalue weighted by Crippen LogP contribution is 2.38. The number of carbonyl (C=O) groups excluding carboxylic acids is 1. The van der Waals surface area contributed by atoms with Gasteiger partial charge in [-0.1, -0.05) is 67.7 Å². The van der Waals surface area contributed by atoms with E-state index in [4.69, 9.17) is 22.1 Å². The van der Waals surface area contributed by atoms with Gasteiger partial charge in [-0.25, -0.2) is 13.1 Å². The van der Waals surface area contributed by atoms with Crippen LogP contribution < -0.4 is 4.74 Å². The molecule has 0 N–H and O–H groups in total. The van der Waals surface area contributed by atoms with Gasteiger partial charge in [0, 0.05) is 17.3 Å². The maximum atomic E-state index is 13.4. The lowest BCUT2D eigenvalue weighted by Crippen LogP contribution is -2.39. The molecule has 1 amide bonds. The summed E-state index contributed by atoms with van der Waals surface area (Å²) in [7, 11) is -3.15. The van der Waals surface area contributed by atoms with Crippen LogP contribution in [0.4, 0.5) is 0 Å². The minimum Gasteiger partial charge on any atom is -0.494 e. The van der Waals surface area contributed by atoms with Crippen molar-refractivity contribution in [2.24, 2.45) is 0 Å². The Morgan fingerprint density at radius 1 is 1.19 bits per heavy atom. The van der Waals surface area contributed by atoms with Crippen LogP contribution >= 0.6 is 24.0 Å². The summed E-state index contributed by atoms with van der Waals surface area (Å²) in [5.41, 5.74) is 3.22. The van der Waals surface area contributed by atoms with Gasteiger partial charge in [-0.2, -0.15) is 5.10 Å². The molecule has 2 aliphatic heterocycles. The predicted molar refractivity (Wildman–Crippen MR) is 151 cm³/mol. The van der Waals surface area contributed by atoms with Crippen molar-refractivity contribution in [2.45, 2.75) is 32.2 Å². The van der Waals surface area contributed by atoms with E-state index in [1.165, 1.54) is 16.7 Å². The lowest BCUT2D eigenvalue weighted by Gasteiger charge is -2.20. The van der Waals surface area contributed by atoms with Crippen molar-refractivity contribution in [1.29, 1.82) is 0 Å². The first kappa shape index (κ1) is 25.7. The first-order valence-corrected chi connectivity index (χ1v) is 15.2. The van der Waals surface area contributed by atoms with Crippen LogP contribution in [-0.4, -0.2) is 57.5 Å². The Balaban J connectivity index is 1.51. The van der Waals surface area contributed by atoms with Crippen LogP contribution in [-0.2, 0) is 14.6 Å². The molecule has 0 unspecified atom stereocenters. The Hall–Kier alpha value is -2.95. The fourth-order valence-electron chi connectivity index (χ4n) is 4.41. The highest BCUT2D eigenvalue weighted by molar-refractivity contribution is 8.26. The van der Waals surface area contributed by atoms with Gasteiger partial charge in [0.25, 0.3) is 5.91 Å². The number of para-hydroxylation sites is 1. The number of thioether (sulfide) groups is 1. The molecule has 0 bridgehead atoms. The number of hydrogen-bond donors (Lipinski definition) is 0. The normalized spacial score (nSPS) is 20.2. The number of benzene rings is 2. The zero-order valence-electron chi connectivity index (χ0n) is 20.4. The molecule has 0 saturated carbocycles. The fourth-order valence-corrected chi connectivity index (χ4v) is 7.50. The van der Waals surface area contributed by atoms with Crippen molar-refractivity contribution >= 4 is 50.1 Å². The number of ether oxygens (including phenoxy) is 1. The second-order valence-electron chi connectivity index (χ2n) is 9.05. The van der Waals surface area contributed by atoms with E-state index >= 15 is 0 Å². The molecular formula is C27H27N3O4S3. The SMILES string of the molecule is CCCCOc1cccc(-c2nn(-c3ccccc3)cc2/C=C2\SC(=S)N([C@H]3CCS(=O)(=O)C3)C2=O)c1. The van der Waals surface area contributed by atoms with Gasteiger partial charge in [0.1, 0.15) is 15.8 Å². The summed E-state index contributed by atoms with van der Waals surface area (Å²) >= 11 is 6.69. The fraction of sp³-hybridized carbons (Fsp3) is 0.296. The third-order valence-electron chi connectivity index (χ3n) is 6.32. The number of amides is 1. The maximum absolute atomic E-state index is 13.4. The molecule has 192 valence electrons. The number of thiocarbonyl (C=S) groups is 1. The van der Waals surface area contributed by atoms with Crippen LogP contribution in [0.15, 0.2) is 65.7 Å². The molecule has 2 saturated heterocycles. The third kappa shape index (κ3) is 5.66. The van der Waals surface area contributed by atoms with Gasteiger partial charge in [-0.05, 0) is 43.2 Å². The molecule has 2 aliphatic rings. The molecule has 0 radical (unpaired) electrons. The van der Waals surface area contributed by atoms with E-state index in [1.807, 2.05) is 60.8 Å². The lowest BCUT2D eigenvalue weighted by atomic mass is 10.1. The molecular weight excluding hydrogens is 527 g/mol. The Kier molecular flexibility index (Phi) is 7.50. The summed E-state index contributed by atoms with van der Waals surface area (Å²) in [6.45, 7) is 2.77. The molecule has 0 aliphatic carbocycles. The van der Waals surface area contributed by atoms with E-state index in [-0.39, 0.29) is 17.4 Å². The highest BCUT2D eigenvalue weighted by Gasteiger charge is 2.42. The van der Waals surface area contributed by atoms with Gasteiger partial charge in [0.2, 0.25) is 0 Å². The van der Waals surface area contributed by atoms with Crippen molar-refractivity contribution in [3.05, 3.63) is 71.3 Å². The van der Waals surface area contributed by atoms with Crippen molar-refractivity contribution in [1.82, 2.24) is 14.7 Å². The van der Waals surface area contributed by atoms with Gasteiger partial charge in [-0.15, -0.1) is 0 Å². The molecule has 1 aromatic heterocycles. The highest BCUT2D eigenvalue weighted by atomic mass is 32.2. The lowest BCUT2D eigenvalue weighted by molar-refractivity contribution is -0.123. The monoisotopic (exact) mass is 553 g/mol. The molecule has 5 rings (SSSR count). The van der Waals surface area contributed by atoms with Gasteiger partial charge < -0.3 is 4.74 Å². The quantitative estimate of drug-likeness (QED) is 0.218. The zero-order valence-corrected chi connectivity index (χ0v) is 22.8. The third-order valence-corrected chi connectivity index (χ3v) is 9.40. The molecule has 3 heterocycles. The van der Waals surface area contributed by atoms with E-state index < -0.39 is 15.9 Å². The van der Waals surface area contributed by atoms with Crippen molar-refractivity contribution < 1.29 is 17.9 Å². The molecule has 1 atom stereocenters. The number of nitrogens with zero attached hydrogens (tertiary/aromatic N) is 3. The van der Waals surface area contributed by atoms with E-state index in [0.29, 0.717) is 27.9 Å². The van der Waals surface area contributed by atoms with Crippen LogP contribution in [0.5, 0.6) is 5.75 Å². The Morgan fingerprint density at radius 3 is 2.73 bits per heavy atom. The van der Waals surface area contributed by atoms with E-state index in [0.717, 1.165) is 35.4 Å². The largest absolute Gasteiger partial charge is 0.494 e. The number of aromatic nitrogens is 2. The Bertz CT molecular complexity index is 1470. The molecule has 37 heavy (non-hydrogen) atoms. The van der Waals surface area contributed by atoms with Crippen molar-refractivity contribution in [3.63, 3.8) is 0 Å². The Morgan fingerprint density at radius 2 is 2.00 bits per heavy atom. The number of sulfone groups is 1. The van der Waals surface area contributed by atoms with Gasteiger partial charge in [-0.3, -0.25) is 9.69 Å². The summed E-state index contributed by atoms with van der Waals surface area (Å²) in [6, 6.07) is 17.1. The van der Waals surface area contributed by atoms with Gasteiger partial charge >= 0.3 is 0 Å². The van der Waals surface area contributed by atoms with E-state index in [2.05, 4.69) is 6.92 Å². The number of unbranched alkanes of at least 4 members (excludes halogenated alkanes) is 1. The average molecular weight is 554 g/mol. The van der Waals surface area contributed by atoms with Crippen LogP contribution in [0, 0.1) is 0 Å². The average Bonchev–Trinajstić information content (AvgIpc) is 3.55. The summed E-state index contributed by atoms with van der Waals surface area (Å²) in [5.74, 6) is 0.541. The minimum absolute atomic E-state index is 0.0469. The van der Waals surface area contributed by atoms with Gasteiger partial charge in [0.05, 0.1) is 34.7 Å². The second-order valence-corrected chi connectivity index (χ2v) is 13.0. The molecule has 2 fully saturated rings. The van der Waals surface area contributed by atoms with Gasteiger partial charge in [0.15, 0.2) is 9.84 Å². The molecule has 10 heteroatoms. The number of carbonyl (C=O) groups is 1. The molecule has 0 spiro atoms. The predicted octanol–water partition coefficient (Wildman–Crippen LogP) is 5.11. The summed E-state index contributed by atoms with van der Waals surface area (Å²) in [4.78, 5) is 15.3. The summed E-state index contributed by atoms with van der Waals surface area (Å²) in [5, 5.41) is 4.86. The Labute approximate surface area is 226 Å². The van der Waals surface area contributed by atoms with E-state index in [9.17, 15) is 13.2 Å². The molecule has 7 nitrogen and oxygen atoms in total. The number of hydrogen-bond acceptors (Lipinski definition) is 7. The maximum Gasteiger partial charge on any atom is 0.266 e. The first-order valence-electron chi connectivity index (χ1n) is 12.2. The standard InChI is InChI=1S/C27H27N3O4S3/c1-2-3-13-34-23-11-7-8-19(15-23)25-20(17-29(28-25)21-9-5-4-6-10-21)16-24-26(31)30(27(35)36-24)22-12-14-37(32,33)18-22/h4-11,15-17,22H,2-3,12-14,18H2,1H3/b24-16-/t22-/m0/s1. The molecule has 2 aromatic carbocycles. The second kappa shape index (κ2) is 10.8. The molecule has 3 aromatic rings. The zero-order chi connectivity index (χ0) is 26.0.